The Morgan fingerprint density at radius 2 is 2.10 bits per heavy atom. The molecule has 20 heavy (non-hydrogen) atoms. The fourth-order valence-electron chi connectivity index (χ4n) is 2.80. The van der Waals surface area contributed by atoms with Crippen molar-refractivity contribution < 1.29 is 12.8 Å². The molecule has 4 nitrogen and oxygen atoms in total. The van der Waals surface area contributed by atoms with Gasteiger partial charge in [-0.2, -0.15) is 0 Å². The van der Waals surface area contributed by atoms with Crippen LogP contribution in [0.1, 0.15) is 50.2 Å². The van der Waals surface area contributed by atoms with Crippen LogP contribution >= 0.6 is 0 Å². The van der Waals surface area contributed by atoms with E-state index >= 15 is 0 Å². The Bertz CT molecular complexity index is 521. The highest BCUT2D eigenvalue weighted by Gasteiger charge is 2.25. The van der Waals surface area contributed by atoms with Crippen molar-refractivity contribution in [2.45, 2.75) is 45.1 Å². The molecule has 1 aliphatic heterocycles. The Morgan fingerprint density at radius 3 is 2.75 bits per heavy atom. The number of nitrogens with zero attached hydrogens (tertiary/aromatic N) is 1. The van der Waals surface area contributed by atoms with Crippen LogP contribution in [0.15, 0.2) is 16.5 Å². The van der Waals surface area contributed by atoms with Gasteiger partial charge in [0.25, 0.3) is 0 Å². The number of rotatable bonds is 5. The van der Waals surface area contributed by atoms with Crippen molar-refractivity contribution in [3.05, 3.63) is 23.7 Å². The molecule has 5 heteroatoms. The molecule has 1 aliphatic rings. The second kappa shape index (κ2) is 6.76. The van der Waals surface area contributed by atoms with E-state index in [0.29, 0.717) is 6.54 Å². The molecule has 0 aromatic carbocycles. The number of likely N-dealkylation sites (tertiary alicyclic amines) is 1. The lowest BCUT2D eigenvalue weighted by Gasteiger charge is -2.28. The molecule has 2 heterocycles. The summed E-state index contributed by atoms with van der Waals surface area (Å²) in [5.74, 6) is 2.23. The number of aryl methyl sites for hydroxylation is 1. The van der Waals surface area contributed by atoms with Crippen molar-refractivity contribution in [1.82, 2.24) is 4.90 Å². The zero-order valence-electron chi connectivity index (χ0n) is 12.5. The molecule has 2 rings (SSSR count). The minimum Gasteiger partial charge on any atom is -0.464 e. The predicted octanol–water partition coefficient (Wildman–Crippen LogP) is 2.80. The summed E-state index contributed by atoms with van der Waals surface area (Å²) in [5.41, 5.74) is 0. The standard InChI is InChI=1S/C15H25NO3S/c1-3-13-8-9-15(19-13)14-7-5-4-6-10-16(14)11-12-20(2,17)18/h8-9,14H,3-7,10-12H2,1-2H3. The summed E-state index contributed by atoms with van der Waals surface area (Å²) < 4.78 is 28.7. The molecule has 0 bridgehead atoms. The second-order valence-corrected chi connectivity index (χ2v) is 7.95. The minimum atomic E-state index is -2.91. The molecule has 0 saturated carbocycles. The summed E-state index contributed by atoms with van der Waals surface area (Å²) >= 11 is 0. The van der Waals surface area contributed by atoms with Gasteiger partial charge in [-0.1, -0.05) is 19.8 Å². The van der Waals surface area contributed by atoms with E-state index in [1.165, 1.54) is 19.1 Å². The first-order valence-electron chi connectivity index (χ1n) is 7.50. The molecule has 1 fully saturated rings. The highest BCUT2D eigenvalue weighted by Crippen LogP contribution is 2.31. The lowest BCUT2D eigenvalue weighted by molar-refractivity contribution is 0.186. The van der Waals surface area contributed by atoms with E-state index in [1.807, 2.05) is 6.07 Å². The molecule has 0 spiro atoms. The normalized spacial score (nSPS) is 21.8. The fraction of sp³-hybridized carbons (Fsp3) is 0.733. The van der Waals surface area contributed by atoms with Crippen LogP contribution in [0.4, 0.5) is 0 Å². The fourth-order valence-corrected chi connectivity index (χ4v) is 3.37. The Balaban J connectivity index is 2.12. The molecule has 0 amide bonds. The maximum Gasteiger partial charge on any atom is 0.148 e. The van der Waals surface area contributed by atoms with Gasteiger partial charge in [-0.15, -0.1) is 0 Å². The highest BCUT2D eigenvalue weighted by atomic mass is 32.2. The number of furan rings is 1. The maximum absolute atomic E-state index is 11.4. The molecule has 1 aromatic rings. The SMILES string of the molecule is CCc1ccc(C2CCCCCN2CCS(C)(=O)=O)o1. The van der Waals surface area contributed by atoms with E-state index in [2.05, 4.69) is 17.9 Å². The molecule has 0 N–H and O–H groups in total. The topological polar surface area (TPSA) is 50.5 Å². The number of hydrogen-bond donors (Lipinski definition) is 0. The van der Waals surface area contributed by atoms with Gasteiger partial charge in [-0.3, -0.25) is 4.90 Å². The molecule has 1 unspecified atom stereocenters. The van der Waals surface area contributed by atoms with Crippen molar-refractivity contribution in [2.75, 3.05) is 25.1 Å². The summed E-state index contributed by atoms with van der Waals surface area (Å²) in [4.78, 5) is 2.28. The third-order valence-corrected chi connectivity index (χ3v) is 4.90. The van der Waals surface area contributed by atoms with E-state index in [1.54, 1.807) is 0 Å². The van der Waals surface area contributed by atoms with E-state index in [-0.39, 0.29) is 11.8 Å². The lowest BCUT2D eigenvalue weighted by atomic mass is 10.1. The predicted molar refractivity (Wildman–Crippen MR) is 80.6 cm³/mol. The zero-order chi connectivity index (χ0) is 14.6. The van der Waals surface area contributed by atoms with Gasteiger partial charge in [-0.25, -0.2) is 8.42 Å². The summed E-state index contributed by atoms with van der Waals surface area (Å²) in [6.45, 7) is 3.64. The van der Waals surface area contributed by atoms with Gasteiger partial charge in [0, 0.05) is 19.2 Å². The molecule has 1 saturated heterocycles. The molecule has 1 atom stereocenters. The van der Waals surface area contributed by atoms with Crippen molar-refractivity contribution >= 4 is 9.84 Å². The Hall–Kier alpha value is -0.810. The van der Waals surface area contributed by atoms with Crippen LogP contribution in [0.5, 0.6) is 0 Å². The number of sulfone groups is 1. The van der Waals surface area contributed by atoms with Crippen molar-refractivity contribution in [3.8, 4) is 0 Å². The zero-order valence-corrected chi connectivity index (χ0v) is 13.3. The van der Waals surface area contributed by atoms with Crippen LogP contribution in [0.25, 0.3) is 0 Å². The van der Waals surface area contributed by atoms with Crippen molar-refractivity contribution in [1.29, 1.82) is 0 Å². The molecule has 114 valence electrons. The summed E-state index contributed by atoms with van der Waals surface area (Å²) in [5, 5.41) is 0. The molecular weight excluding hydrogens is 274 g/mol. The van der Waals surface area contributed by atoms with Crippen molar-refractivity contribution in [2.24, 2.45) is 0 Å². The van der Waals surface area contributed by atoms with Crippen LogP contribution < -0.4 is 0 Å². The maximum atomic E-state index is 11.4. The molecule has 1 aromatic heterocycles. The van der Waals surface area contributed by atoms with Crippen molar-refractivity contribution in [3.63, 3.8) is 0 Å². The average Bonchev–Trinajstić information content (AvgIpc) is 2.74. The molecule has 0 radical (unpaired) electrons. The van der Waals surface area contributed by atoms with E-state index in [4.69, 9.17) is 4.42 Å². The van der Waals surface area contributed by atoms with Crippen LogP contribution in [0.2, 0.25) is 0 Å². The monoisotopic (exact) mass is 299 g/mol. The Kier molecular flexibility index (Phi) is 5.27. The Morgan fingerprint density at radius 1 is 1.30 bits per heavy atom. The van der Waals surface area contributed by atoms with Gasteiger partial charge < -0.3 is 4.42 Å². The summed E-state index contributed by atoms with van der Waals surface area (Å²) in [6.07, 6.45) is 6.80. The van der Waals surface area contributed by atoms with Crippen LogP contribution in [0, 0.1) is 0 Å². The second-order valence-electron chi connectivity index (χ2n) is 5.69. The van der Waals surface area contributed by atoms with Crippen LogP contribution in [0.3, 0.4) is 0 Å². The third kappa shape index (κ3) is 4.35. The first-order valence-corrected chi connectivity index (χ1v) is 9.56. The lowest BCUT2D eigenvalue weighted by Crippen LogP contribution is -2.32. The third-order valence-electron chi connectivity index (χ3n) is 3.97. The highest BCUT2D eigenvalue weighted by molar-refractivity contribution is 7.90. The first kappa shape index (κ1) is 15.6. The van der Waals surface area contributed by atoms with Gasteiger partial charge in [0.2, 0.25) is 0 Å². The van der Waals surface area contributed by atoms with E-state index < -0.39 is 9.84 Å². The largest absolute Gasteiger partial charge is 0.464 e. The Labute approximate surface area is 122 Å². The van der Waals surface area contributed by atoms with Gasteiger partial charge >= 0.3 is 0 Å². The van der Waals surface area contributed by atoms with Gasteiger partial charge in [0.1, 0.15) is 21.4 Å². The summed E-state index contributed by atoms with van der Waals surface area (Å²) in [6, 6.07) is 4.33. The first-order chi connectivity index (χ1) is 9.49. The summed E-state index contributed by atoms with van der Waals surface area (Å²) in [7, 11) is -2.91. The van der Waals surface area contributed by atoms with Gasteiger partial charge in [0.05, 0.1) is 11.8 Å². The van der Waals surface area contributed by atoms with Crippen LogP contribution in [-0.4, -0.2) is 38.4 Å². The average molecular weight is 299 g/mol. The molecular formula is C15H25NO3S. The van der Waals surface area contributed by atoms with Crippen LogP contribution in [-0.2, 0) is 16.3 Å². The van der Waals surface area contributed by atoms with Gasteiger partial charge in [0.15, 0.2) is 0 Å². The molecule has 0 aliphatic carbocycles. The van der Waals surface area contributed by atoms with Gasteiger partial charge in [-0.05, 0) is 31.5 Å². The quantitative estimate of drug-likeness (QED) is 0.839. The minimum absolute atomic E-state index is 0.227. The smallest absolute Gasteiger partial charge is 0.148 e. The number of hydrogen-bond acceptors (Lipinski definition) is 4. The van der Waals surface area contributed by atoms with E-state index in [0.717, 1.165) is 37.3 Å². The van der Waals surface area contributed by atoms with E-state index in [9.17, 15) is 8.42 Å².